The van der Waals surface area contributed by atoms with Crippen LogP contribution in [0.5, 0.6) is 11.5 Å². The zero-order valence-corrected chi connectivity index (χ0v) is 11.8. The third-order valence-corrected chi connectivity index (χ3v) is 3.11. The van der Waals surface area contributed by atoms with E-state index in [9.17, 15) is 14.9 Å². The number of aryl methyl sites for hydroxylation is 1. The lowest BCUT2D eigenvalue weighted by Crippen LogP contribution is -1.97. The minimum atomic E-state index is -0.475. The maximum absolute atomic E-state index is 11.6. The number of nitrogens with zero attached hydrogens (tertiary/aromatic N) is 1. The molecule has 2 aromatic rings. The Balaban J connectivity index is 2.30. The molecule has 0 heterocycles. The van der Waals surface area contributed by atoms with Crippen molar-refractivity contribution in [1.82, 2.24) is 0 Å². The van der Waals surface area contributed by atoms with Crippen LogP contribution in [0.4, 0.5) is 5.69 Å². The van der Waals surface area contributed by atoms with Crippen LogP contribution in [0.15, 0.2) is 42.5 Å². The standard InChI is InChI=1S/C16H15NO4/c1-3-15(18)12-7-9-13(10-8-12)21-16-11(2)5-4-6-14(16)17(19)20/h4-10H,3H2,1-2H3. The van der Waals surface area contributed by atoms with E-state index >= 15 is 0 Å². The number of carbonyl (C=O) groups excluding carboxylic acids is 1. The molecular formula is C16H15NO4. The third kappa shape index (κ3) is 3.25. The highest BCUT2D eigenvalue weighted by Crippen LogP contribution is 2.34. The van der Waals surface area contributed by atoms with Crippen LogP contribution in [0.3, 0.4) is 0 Å². The molecule has 0 N–H and O–H groups in total. The minimum Gasteiger partial charge on any atom is -0.450 e. The molecule has 2 aromatic carbocycles. The number of para-hydroxylation sites is 1. The summed E-state index contributed by atoms with van der Waals surface area (Å²) in [6, 6.07) is 11.4. The average molecular weight is 285 g/mol. The van der Waals surface area contributed by atoms with Crippen molar-refractivity contribution in [3.63, 3.8) is 0 Å². The molecule has 0 aromatic heterocycles. The summed E-state index contributed by atoms with van der Waals surface area (Å²) in [5, 5.41) is 11.0. The number of hydrogen-bond donors (Lipinski definition) is 0. The van der Waals surface area contributed by atoms with Crippen molar-refractivity contribution in [3.8, 4) is 11.5 Å². The Hall–Kier alpha value is -2.69. The Labute approximate surface area is 122 Å². The Kier molecular flexibility index (Phi) is 4.33. The zero-order chi connectivity index (χ0) is 15.4. The maximum atomic E-state index is 11.6. The average Bonchev–Trinajstić information content (AvgIpc) is 2.49. The molecule has 0 saturated heterocycles. The van der Waals surface area contributed by atoms with Gasteiger partial charge in [0.1, 0.15) is 5.75 Å². The van der Waals surface area contributed by atoms with Crippen molar-refractivity contribution < 1.29 is 14.5 Å². The van der Waals surface area contributed by atoms with Crippen molar-refractivity contribution in [2.75, 3.05) is 0 Å². The van der Waals surface area contributed by atoms with Gasteiger partial charge in [-0.3, -0.25) is 14.9 Å². The van der Waals surface area contributed by atoms with E-state index in [1.54, 1.807) is 50.2 Å². The lowest BCUT2D eigenvalue weighted by atomic mass is 10.1. The summed E-state index contributed by atoms with van der Waals surface area (Å²) < 4.78 is 5.62. The topological polar surface area (TPSA) is 69.4 Å². The molecule has 0 saturated carbocycles. The van der Waals surface area contributed by atoms with Gasteiger partial charge in [0, 0.05) is 18.1 Å². The normalized spacial score (nSPS) is 10.2. The molecule has 0 amide bonds. The largest absolute Gasteiger partial charge is 0.450 e. The number of Topliss-reactive ketones (excluding diaryl/α,β-unsaturated/α-hetero) is 1. The lowest BCUT2D eigenvalue weighted by molar-refractivity contribution is -0.385. The van der Waals surface area contributed by atoms with Gasteiger partial charge < -0.3 is 4.74 Å². The van der Waals surface area contributed by atoms with Crippen LogP contribution in [0.25, 0.3) is 0 Å². The number of hydrogen-bond acceptors (Lipinski definition) is 4. The Bertz CT molecular complexity index is 677. The van der Waals surface area contributed by atoms with Gasteiger partial charge in [0.15, 0.2) is 5.78 Å². The smallest absolute Gasteiger partial charge is 0.311 e. The molecule has 0 fully saturated rings. The molecule has 0 aliphatic carbocycles. The second kappa shape index (κ2) is 6.17. The highest BCUT2D eigenvalue weighted by atomic mass is 16.6. The molecule has 0 aliphatic rings. The first-order valence-corrected chi connectivity index (χ1v) is 6.58. The van der Waals surface area contributed by atoms with Gasteiger partial charge in [0.2, 0.25) is 5.75 Å². The van der Waals surface area contributed by atoms with E-state index < -0.39 is 4.92 Å². The van der Waals surface area contributed by atoms with Crippen molar-refractivity contribution in [2.45, 2.75) is 20.3 Å². The summed E-state index contributed by atoms with van der Waals surface area (Å²) in [4.78, 5) is 22.1. The maximum Gasteiger partial charge on any atom is 0.311 e. The number of ether oxygens (including phenoxy) is 1. The predicted molar refractivity (Wildman–Crippen MR) is 79.0 cm³/mol. The number of carbonyl (C=O) groups is 1. The fourth-order valence-electron chi connectivity index (χ4n) is 1.94. The SMILES string of the molecule is CCC(=O)c1ccc(Oc2c(C)cccc2[N+](=O)[O-])cc1. The summed E-state index contributed by atoms with van der Waals surface area (Å²) in [7, 11) is 0. The van der Waals surface area contributed by atoms with E-state index in [4.69, 9.17) is 4.74 Å². The van der Waals surface area contributed by atoms with Gasteiger partial charge in [0.05, 0.1) is 4.92 Å². The number of nitro benzene ring substituents is 1. The summed E-state index contributed by atoms with van der Waals surface area (Å²) in [5.74, 6) is 0.723. The fourth-order valence-corrected chi connectivity index (χ4v) is 1.94. The van der Waals surface area contributed by atoms with E-state index in [2.05, 4.69) is 0 Å². The van der Waals surface area contributed by atoms with E-state index in [1.165, 1.54) is 6.07 Å². The fraction of sp³-hybridized carbons (Fsp3) is 0.188. The first kappa shape index (κ1) is 14.7. The molecule has 0 atom stereocenters. The van der Waals surface area contributed by atoms with E-state index in [0.717, 1.165) is 0 Å². The Morgan fingerprint density at radius 3 is 2.43 bits per heavy atom. The molecule has 0 aliphatic heterocycles. The van der Waals surface area contributed by atoms with Crippen LogP contribution in [-0.4, -0.2) is 10.7 Å². The van der Waals surface area contributed by atoms with Crippen LogP contribution in [0, 0.1) is 17.0 Å². The van der Waals surface area contributed by atoms with Gasteiger partial charge in [-0.05, 0) is 36.8 Å². The molecule has 0 bridgehead atoms. The van der Waals surface area contributed by atoms with E-state index in [1.807, 2.05) is 0 Å². The van der Waals surface area contributed by atoms with Crippen molar-refractivity contribution in [3.05, 3.63) is 63.7 Å². The second-order valence-corrected chi connectivity index (χ2v) is 4.58. The molecule has 108 valence electrons. The monoisotopic (exact) mass is 285 g/mol. The van der Waals surface area contributed by atoms with E-state index in [0.29, 0.717) is 23.3 Å². The predicted octanol–water partition coefficient (Wildman–Crippen LogP) is 4.29. The number of ketones is 1. The van der Waals surface area contributed by atoms with Crippen molar-refractivity contribution >= 4 is 11.5 Å². The van der Waals surface area contributed by atoms with E-state index in [-0.39, 0.29) is 17.2 Å². The number of nitro groups is 1. The van der Waals surface area contributed by atoms with Crippen LogP contribution in [0.2, 0.25) is 0 Å². The van der Waals surface area contributed by atoms with Gasteiger partial charge in [-0.1, -0.05) is 19.1 Å². The highest BCUT2D eigenvalue weighted by molar-refractivity contribution is 5.95. The van der Waals surface area contributed by atoms with Crippen LogP contribution in [0.1, 0.15) is 29.3 Å². The molecule has 0 unspecified atom stereocenters. The lowest BCUT2D eigenvalue weighted by Gasteiger charge is -2.09. The molecule has 2 rings (SSSR count). The van der Waals surface area contributed by atoms with Gasteiger partial charge in [-0.2, -0.15) is 0 Å². The zero-order valence-electron chi connectivity index (χ0n) is 11.8. The molecule has 5 nitrogen and oxygen atoms in total. The summed E-state index contributed by atoms with van der Waals surface area (Å²) in [6.45, 7) is 3.54. The first-order chi connectivity index (χ1) is 10.0. The molecule has 0 spiro atoms. The number of benzene rings is 2. The van der Waals surface area contributed by atoms with Gasteiger partial charge in [-0.25, -0.2) is 0 Å². The van der Waals surface area contributed by atoms with Crippen molar-refractivity contribution in [1.29, 1.82) is 0 Å². The Morgan fingerprint density at radius 2 is 1.86 bits per heavy atom. The van der Waals surface area contributed by atoms with Crippen LogP contribution < -0.4 is 4.74 Å². The first-order valence-electron chi connectivity index (χ1n) is 6.58. The summed E-state index contributed by atoms with van der Waals surface area (Å²) in [6.07, 6.45) is 0.434. The quantitative estimate of drug-likeness (QED) is 0.467. The summed E-state index contributed by atoms with van der Waals surface area (Å²) in [5.41, 5.74) is 1.20. The Morgan fingerprint density at radius 1 is 1.19 bits per heavy atom. The number of rotatable bonds is 5. The second-order valence-electron chi connectivity index (χ2n) is 4.58. The third-order valence-electron chi connectivity index (χ3n) is 3.11. The highest BCUT2D eigenvalue weighted by Gasteiger charge is 2.17. The summed E-state index contributed by atoms with van der Waals surface area (Å²) >= 11 is 0. The van der Waals surface area contributed by atoms with Crippen molar-refractivity contribution in [2.24, 2.45) is 0 Å². The minimum absolute atomic E-state index is 0.0448. The molecular weight excluding hydrogens is 270 g/mol. The van der Waals surface area contributed by atoms with Gasteiger partial charge in [0.25, 0.3) is 0 Å². The van der Waals surface area contributed by atoms with Gasteiger partial charge >= 0.3 is 5.69 Å². The van der Waals surface area contributed by atoms with Gasteiger partial charge in [-0.15, -0.1) is 0 Å². The van der Waals surface area contributed by atoms with Crippen LogP contribution in [-0.2, 0) is 0 Å². The molecule has 21 heavy (non-hydrogen) atoms. The molecule has 5 heteroatoms. The van der Waals surface area contributed by atoms with Crippen LogP contribution >= 0.6 is 0 Å². The molecule has 0 radical (unpaired) electrons.